The first kappa shape index (κ1) is 28.1. The molecule has 1 aliphatic heterocycles. The van der Waals surface area contributed by atoms with E-state index in [1.54, 1.807) is 4.31 Å². The van der Waals surface area contributed by atoms with Gasteiger partial charge >= 0.3 is 5.97 Å². The van der Waals surface area contributed by atoms with Crippen LogP contribution in [0.3, 0.4) is 0 Å². The van der Waals surface area contributed by atoms with Crippen molar-refractivity contribution in [2.45, 2.75) is 55.0 Å². The van der Waals surface area contributed by atoms with Crippen molar-refractivity contribution in [3.05, 3.63) is 52.8 Å². The topological polar surface area (TPSA) is 158 Å². The number of sulfonamides is 2. The van der Waals surface area contributed by atoms with Gasteiger partial charge in [-0.2, -0.15) is 9.30 Å². The Kier molecular flexibility index (Phi) is 8.18. The summed E-state index contributed by atoms with van der Waals surface area (Å²) in [5.41, 5.74) is 0.620. The Morgan fingerprint density at radius 2 is 1.76 bits per heavy atom. The highest BCUT2D eigenvalue weighted by atomic mass is 32.2. The minimum atomic E-state index is -3.97. The first-order chi connectivity index (χ1) is 18.0. The van der Waals surface area contributed by atoms with Gasteiger partial charge in [0.25, 0.3) is 5.91 Å². The lowest BCUT2D eigenvalue weighted by atomic mass is 10.0. The fraction of sp³-hybridized carbons (Fsp3) is 0.375. The maximum atomic E-state index is 13.2. The molecule has 1 aliphatic rings. The van der Waals surface area contributed by atoms with Gasteiger partial charge in [0.1, 0.15) is 6.54 Å². The van der Waals surface area contributed by atoms with E-state index >= 15 is 0 Å². The smallest absolute Gasteiger partial charge is 0.325 e. The Morgan fingerprint density at radius 1 is 1.08 bits per heavy atom. The quantitative estimate of drug-likeness (QED) is 0.420. The SMILES string of the molecule is CC[C@@H]1CCCCN1S(=O)(=O)c1ccc(C(=O)N=c2sc3cc(S(N)(=O)=O)ccc3n2CC(=O)OC)cc1. The van der Waals surface area contributed by atoms with E-state index in [-0.39, 0.29) is 32.7 Å². The first-order valence-electron chi connectivity index (χ1n) is 11.9. The molecule has 1 amide bonds. The maximum Gasteiger partial charge on any atom is 0.325 e. The second kappa shape index (κ2) is 11.1. The molecule has 0 unspecified atom stereocenters. The summed E-state index contributed by atoms with van der Waals surface area (Å²) in [7, 11) is -6.45. The molecular formula is C24H28N4O7S3. The van der Waals surface area contributed by atoms with Crippen molar-refractivity contribution in [1.82, 2.24) is 8.87 Å². The van der Waals surface area contributed by atoms with Gasteiger partial charge in [-0.05, 0) is 61.7 Å². The summed E-state index contributed by atoms with van der Waals surface area (Å²) in [5.74, 6) is -1.25. The number of ether oxygens (including phenoxy) is 1. The molecular weight excluding hydrogens is 552 g/mol. The van der Waals surface area contributed by atoms with Crippen LogP contribution in [0.1, 0.15) is 43.0 Å². The summed E-state index contributed by atoms with van der Waals surface area (Å²) < 4.78 is 58.2. The minimum Gasteiger partial charge on any atom is -0.468 e. The number of esters is 1. The van der Waals surface area contributed by atoms with E-state index in [1.807, 2.05) is 6.92 Å². The number of nitrogens with two attached hydrogens (primary N) is 1. The Labute approximate surface area is 224 Å². The summed E-state index contributed by atoms with van der Waals surface area (Å²) in [6.45, 7) is 2.18. The fourth-order valence-electron chi connectivity index (χ4n) is 4.42. The number of fused-ring (bicyclic) bond motifs is 1. The summed E-state index contributed by atoms with van der Waals surface area (Å²) in [6.07, 6.45) is 3.36. The van der Waals surface area contributed by atoms with Crippen LogP contribution in [0.5, 0.6) is 0 Å². The normalized spacial score (nSPS) is 17.6. The number of aromatic nitrogens is 1. The Hall–Kier alpha value is -2.91. The van der Waals surface area contributed by atoms with Gasteiger partial charge in [0.2, 0.25) is 20.0 Å². The average Bonchev–Trinajstić information content (AvgIpc) is 3.23. The zero-order valence-corrected chi connectivity index (χ0v) is 23.3. The van der Waals surface area contributed by atoms with Gasteiger partial charge < -0.3 is 9.30 Å². The van der Waals surface area contributed by atoms with Gasteiger partial charge in [0.15, 0.2) is 4.80 Å². The number of nitrogens with zero attached hydrogens (tertiary/aromatic N) is 3. The van der Waals surface area contributed by atoms with Crippen LogP contribution in [0.4, 0.5) is 0 Å². The molecule has 38 heavy (non-hydrogen) atoms. The second-order valence-corrected chi connectivity index (χ2v) is 13.3. The van der Waals surface area contributed by atoms with Crippen LogP contribution in [-0.4, -0.2) is 57.3 Å². The summed E-state index contributed by atoms with van der Waals surface area (Å²) >= 11 is 1.00. The van der Waals surface area contributed by atoms with Crippen LogP contribution in [0.15, 0.2) is 57.2 Å². The van der Waals surface area contributed by atoms with Crippen molar-refractivity contribution in [3.63, 3.8) is 0 Å². The Bertz CT molecular complexity index is 1660. The van der Waals surface area contributed by atoms with Crippen molar-refractivity contribution >= 4 is 53.5 Å². The zero-order valence-electron chi connectivity index (χ0n) is 20.9. The van der Waals surface area contributed by atoms with E-state index in [2.05, 4.69) is 4.99 Å². The highest BCUT2D eigenvalue weighted by molar-refractivity contribution is 7.89. The molecule has 2 N–H and O–H groups in total. The summed E-state index contributed by atoms with van der Waals surface area (Å²) in [5, 5.41) is 5.23. The zero-order chi connectivity index (χ0) is 27.7. The van der Waals surface area contributed by atoms with Gasteiger partial charge in [0.05, 0.1) is 27.1 Å². The predicted octanol–water partition coefficient (Wildman–Crippen LogP) is 2.22. The van der Waals surface area contributed by atoms with E-state index in [9.17, 15) is 26.4 Å². The van der Waals surface area contributed by atoms with E-state index in [0.29, 0.717) is 16.8 Å². The van der Waals surface area contributed by atoms with Gasteiger partial charge in [-0.25, -0.2) is 22.0 Å². The van der Waals surface area contributed by atoms with Crippen LogP contribution >= 0.6 is 11.3 Å². The third-order valence-electron chi connectivity index (χ3n) is 6.45. The molecule has 0 spiro atoms. The van der Waals surface area contributed by atoms with Crippen molar-refractivity contribution in [3.8, 4) is 0 Å². The number of rotatable bonds is 7. The van der Waals surface area contributed by atoms with Crippen LogP contribution in [0, 0.1) is 0 Å². The third-order valence-corrected chi connectivity index (χ3v) is 10.4. The molecule has 14 heteroatoms. The largest absolute Gasteiger partial charge is 0.468 e. The Balaban J connectivity index is 1.70. The number of piperidine rings is 1. The lowest BCUT2D eigenvalue weighted by Crippen LogP contribution is -2.43. The number of thiazole rings is 1. The number of primary sulfonamides is 1. The number of hydrogen-bond acceptors (Lipinski definition) is 8. The number of hydrogen-bond donors (Lipinski definition) is 1. The lowest BCUT2D eigenvalue weighted by Gasteiger charge is -2.34. The highest BCUT2D eigenvalue weighted by Crippen LogP contribution is 2.27. The molecule has 1 aromatic heterocycles. The summed E-state index contributed by atoms with van der Waals surface area (Å²) in [4.78, 5) is 29.3. The second-order valence-electron chi connectivity index (χ2n) is 8.84. The van der Waals surface area contributed by atoms with Crippen molar-refractivity contribution in [2.24, 2.45) is 10.1 Å². The molecule has 1 saturated heterocycles. The monoisotopic (exact) mass is 580 g/mol. The molecule has 2 heterocycles. The highest BCUT2D eigenvalue weighted by Gasteiger charge is 2.32. The predicted molar refractivity (Wildman–Crippen MR) is 141 cm³/mol. The first-order valence-corrected chi connectivity index (χ1v) is 15.7. The maximum absolute atomic E-state index is 13.2. The Morgan fingerprint density at radius 3 is 2.39 bits per heavy atom. The van der Waals surface area contributed by atoms with Crippen LogP contribution < -0.4 is 9.94 Å². The molecule has 3 aromatic rings. The van der Waals surface area contributed by atoms with E-state index in [4.69, 9.17) is 9.88 Å². The molecule has 1 atom stereocenters. The number of carbonyl (C=O) groups excluding carboxylic acids is 2. The lowest BCUT2D eigenvalue weighted by molar-refractivity contribution is -0.141. The molecule has 1 fully saturated rings. The molecule has 0 saturated carbocycles. The molecule has 2 aromatic carbocycles. The minimum absolute atomic E-state index is 0.0435. The molecule has 0 aliphatic carbocycles. The van der Waals surface area contributed by atoms with E-state index in [0.717, 1.165) is 37.0 Å². The van der Waals surface area contributed by atoms with Crippen LogP contribution in [-0.2, 0) is 36.1 Å². The number of benzene rings is 2. The molecule has 0 bridgehead atoms. The van der Waals surface area contributed by atoms with Crippen molar-refractivity contribution in [1.29, 1.82) is 0 Å². The molecule has 0 radical (unpaired) electrons. The van der Waals surface area contributed by atoms with Crippen molar-refractivity contribution < 1.29 is 31.2 Å². The van der Waals surface area contributed by atoms with Gasteiger partial charge in [-0.3, -0.25) is 9.59 Å². The molecule has 4 rings (SSSR count). The molecule has 204 valence electrons. The molecule has 11 nitrogen and oxygen atoms in total. The number of amides is 1. The van der Waals surface area contributed by atoms with Gasteiger partial charge in [-0.1, -0.05) is 24.7 Å². The average molecular weight is 581 g/mol. The van der Waals surface area contributed by atoms with E-state index in [1.165, 1.54) is 54.1 Å². The van der Waals surface area contributed by atoms with Crippen molar-refractivity contribution in [2.75, 3.05) is 13.7 Å². The fourth-order valence-corrected chi connectivity index (χ4v) is 7.87. The van der Waals surface area contributed by atoms with Gasteiger partial charge in [0, 0.05) is 18.2 Å². The summed E-state index contributed by atoms with van der Waals surface area (Å²) in [6, 6.07) is 9.67. The van der Waals surface area contributed by atoms with E-state index < -0.39 is 31.9 Å². The number of carbonyl (C=O) groups is 2. The standard InChI is InChI=1S/C24H28N4O7S3/c1-3-17-6-4-5-13-28(17)38(33,34)18-9-7-16(8-10-18)23(30)26-24-27(15-22(29)35-2)20-12-11-19(37(25,31)32)14-21(20)36-24/h7-12,14,17H,3-6,13,15H2,1-2H3,(H2,25,31,32)/t17-/m1/s1. The van der Waals surface area contributed by atoms with Crippen LogP contribution in [0.25, 0.3) is 10.2 Å². The van der Waals surface area contributed by atoms with Gasteiger partial charge in [-0.15, -0.1) is 0 Å². The number of methoxy groups -OCH3 is 1. The third kappa shape index (κ3) is 5.73. The van der Waals surface area contributed by atoms with Crippen LogP contribution in [0.2, 0.25) is 0 Å².